The number of aliphatic carboxylic acids is 1. The molecule has 0 fully saturated rings. The largest absolute Gasteiger partial charge is 0.479 e. The number of benzene rings is 1. The molecule has 0 radical (unpaired) electrons. The van der Waals surface area contributed by atoms with E-state index >= 15 is 0 Å². The predicted molar refractivity (Wildman–Crippen MR) is 64.8 cm³/mol. The highest BCUT2D eigenvalue weighted by molar-refractivity contribution is 5.83. The molecule has 5 heteroatoms. The molecule has 2 aromatic rings. The maximum absolute atomic E-state index is 11.8. The summed E-state index contributed by atoms with van der Waals surface area (Å²) in [7, 11) is 0. The van der Waals surface area contributed by atoms with E-state index in [1.165, 1.54) is 12.3 Å². The van der Waals surface area contributed by atoms with Crippen molar-refractivity contribution >= 4 is 16.9 Å². The average Bonchev–Trinajstić information content (AvgIpc) is 2.35. The third-order valence-electron chi connectivity index (χ3n) is 2.56. The lowest BCUT2D eigenvalue weighted by atomic mass is 10.2. The lowest BCUT2D eigenvalue weighted by molar-refractivity contribution is -0.145. The molecule has 0 amide bonds. The van der Waals surface area contributed by atoms with E-state index in [0.29, 0.717) is 12.0 Å². The van der Waals surface area contributed by atoms with Gasteiger partial charge in [-0.1, -0.05) is 13.0 Å². The van der Waals surface area contributed by atoms with Crippen LogP contribution >= 0.6 is 0 Å². The minimum absolute atomic E-state index is 0.233. The standard InChI is InChI=1S/C13H12O5/c1-2-9(13(15)16)18-11-5-3-4-10-12(11)8(14)6-7-17-10/h3-7,9H,2H2,1H3,(H,15,16). The highest BCUT2D eigenvalue weighted by Gasteiger charge is 2.18. The zero-order chi connectivity index (χ0) is 13.1. The summed E-state index contributed by atoms with van der Waals surface area (Å²) in [5.74, 6) is -0.828. The highest BCUT2D eigenvalue weighted by atomic mass is 16.5. The number of carbonyl (C=O) groups is 1. The van der Waals surface area contributed by atoms with Crippen molar-refractivity contribution in [2.45, 2.75) is 19.4 Å². The summed E-state index contributed by atoms with van der Waals surface area (Å²) >= 11 is 0. The Morgan fingerprint density at radius 3 is 2.89 bits per heavy atom. The van der Waals surface area contributed by atoms with Gasteiger partial charge in [-0.05, 0) is 18.6 Å². The molecule has 94 valence electrons. The van der Waals surface area contributed by atoms with Crippen LogP contribution in [-0.2, 0) is 4.79 Å². The summed E-state index contributed by atoms with van der Waals surface area (Å²) in [5.41, 5.74) is 0.118. The highest BCUT2D eigenvalue weighted by Crippen LogP contribution is 2.23. The van der Waals surface area contributed by atoms with Crippen molar-refractivity contribution in [2.24, 2.45) is 0 Å². The van der Waals surface area contributed by atoms with Crippen LogP contribution in [0.25, 0.3) is 11.0 Å². The summed E-state index contributed by atoms with van der Waals surface area (Å²) in [5, 5.41) is 9.21. The maximum Gasteiger partial charge on any atom is 0.344 e. The molecule has 0 aliphatic heterocycles. The molecule has 1 N–H and O–H groups in total. The lowest BCUT2D eigenvalue weighted by Gasteiger charge is -2.14. The Kier molecular flexibility index (Phi) is 3.32. The van der Waals surface area contributed by atoms with E-state index in [1.54, 1.807) is 25.1 Å². The minimum Gasteiger partial charge on any atom is -0.479 e. The summed E-state index contributed by atoms with van der Waals surface area (Å²) in [6.45, 7) is 1.70. The first-order valence-corrected chi connectivity index (χ1v) is 5.53. The van der Waals surface area contributed by atoms with Crippen LogP contribution in [0.4, 0.5) is 0 Å². The second-order valence-electron chi connectivity index (χ2n) is 3.77. The monoisotopic (exact) mass is 248 g/mol. The van der Waals surface area contributed by atoms with E-state index in [2.05, 4.69) is 0 Å². The van der Waals surface area contributed by atoms with Gasteiger partial charge in [-0.3, -0.25) is 4.79 Å². The van der Waals surface area contributed by atoms with Crippen LogP contribution < -0.4 is 10.2 Å². The van der Waals surface area contributed by atoms with Gasteiger partial charge < -0.3 is 14.3 Å². The third kappa shape index (κ3) is 2.20. The zero-order valence-electron chi connectivity index (χ0n) is 9.75. The van der Waals surface area contributed by atoms with Gasteiger partial charge in [0.2, 0.25) is 0 Å². The van der Waals surface area contributed by atoms with E-state index in [0.717, 1.165) is 0 Å². The fourth-order valence-corrected chi connectivity index (χ4v) is 1.66. The lowest BCUT2D eigenvalue weighted by Crippen LogP contribution is -2.26. The topological polar surface area (TPSA) is 76.7 Å². The second-order valence-corrected chi connectivity index (χ2v) is 3.77. The first-order valence-electron chi connectivity index (χ1n) is 5.53. The molecule has 1 unspecified atom stereocenters. The van der Waals surface area contributed by atoms with Gasteiger partial charge in [0, 0.05) is 6.07 Å². The fraction of sp³-hybridized carbons (Fsp3) is 0.231. The Balaban J connectivity index is 2.51. The van der Waals surface area contributed by atoms with Crippen LogP contribution in [0.15, 0.2) is 39.7 Å². The van der Waals surface area contributed by atoms with Gasteiger partial charge in [-0.25, -0.2) is 4.79 Å². The van der Waals surface area contributed by atoms with Crippen molar-refractivity contribution in [1.82, 2.24) is 0 Å². The molecule has 2 rings (SSSR count). The first-order chi connectivity index (χ1) is 8.63. The molecule has 5 nitrogen and oxygen atoms in total. The molecule has 1 atom stereocenters. The Labute approximate surface area is 103 Å². The number of ether oxygens (including phenoxy) is 1. The minimum atomic E-state index is -1.06. The predicted octanol–water partition coefficient (Wildman–Crippen LogP) is 2.03. The molecule has 18 heavy (non-hydrogen) atoms. The normalized spacial score (nSPS) is 12.3. The number of carboxylic acids is 1. The van der Waals surface area contributed by atoms with E-state index in [-0.39, 0.29) is 16.6 Å². The SMILES string of the molecule is CCC(Oc1cccc2occc(=O)c12)C(=O)O. The second kappa shape index (κ2) is 4.91. The van der Waals surface area contributed by atoms with Crippen molar-refractivity contribution in [3.8, 4) is 5.75 Å². The first kappa shape index (κ1) is 12.2. The number of rotatable bonds is 4. The number of hydrogen-bond acceptors (Lipinski definition) is 4. The van der Waals surface area contributed by atoms with Crippen LogP contribution in [0.3, 0.4) is 0 Å². The van der Waals surface area contributed by atoms with Crippen molar-refractivity contribution in [3.63, 3.8) is 0 Å². The molecule has 0 bridgehead atoms. The Bertz CT molecular complexity index is 623. The van der Waals surface area contributed by atoms with Gasteiger partial charge in [-0.15, -0.1) is 0 Å². The maximum atomic E-state index is 11.8. The quantitative estimate of drug-likeness (QED) is 0.895. The third-order valence-corrected chi connectivity index (χ3v) is 2.56. The fourth-order valence-electron chi connectivity index (χ4n) is 1.66. The number of fused-ring (bicyclic) bond motifs is 1. The van der Waals surface area contributed by atoms with Crippen LogP contribution in [-0.4, -0.2) is 17.2 Å². The Morgan fingerprint density at radius 1 is 1.44 bits per heavy atom. The van der Waals surface area contributed by atoms with E-state index < -0.39 is 12.1 Å². The smallest absolute Gasteiger partial charge is 0.344 e. The average molecular weight is 248 g/mol. The van der Waals surface area contributed by atoms with E-state index in [1.807, 2.05) is 0 Å². The number of hydrogen-bond donors (Lipinski definition) is 1. The van der Waals surface area contributed by atoms with Gasteiger partial charge in [0.05, 0.1) is 6.26 Å². The van der Waals surface area contributed by atoms with Crippen LogP contribution in [0.5, 0.6) is 5.75 Å². The van der Waals surface area contributed by atoms with Crippen LogP contribution in [0, 0.1) is 0 Å². The Morgan fingerprint density at radius 2 is 2.22 bits per heavy atom. The van der Waals surface area contributed by atoms with Gasteiger partial charge >= 0.3 is 5.97 Å². The molecule has 1 heterocycles. The summed E-state index contributed by atoms with van der Waals surface area (Å²) < 4.78 is 10.5. The van der Waals surface area contributed by atoms with Gasteiger partial charge in [0.25, 0.3) is 0 Å². The van der Waals surface area contributed by atoms with E-state index in [9.17, 15) is 9.59 Å². The number of carboxylic acid groups (broad SMARTS) is 1. The van der Waals surface area contributed by atoms with Gasteiger partial charge in [0.15, 0.2) is 11.5 Å². The van der Waals surface area contributed by atoms with Crippen LogP contribution in [0.1, 0.15) is 13.3 Å². The molecule has 0 aliphatic rings. The molecule has 0 saturated heterocycles. The van der Waals surface area contributed by atoms with Gasteiger partial charge in [-0.2, -0.15) is 0 Å². The van der Waals surface area contributed by atoms with Gasteiger partial charge in [0.1, 0.15) is 16.7 Å². The Hall–Kier alpha value is -2.30. The van der Waals surface area contributed by atoms with Crippen molar-refractivity contribution in [1.29, 1.82) is 0 Å². The van der Waals surface area contributed by atoms with Crippen molar-refractivity contribution < 1.29 is 19.1 Å². The summed E-state index contributed by atoms with van der Waals surface area (Å²) in [4.78, 5) is 22.7. The van der Waals surface area contributed by atoms with E-state index in [4.69, 9.17) is 14.3 Å². The molecular weight excluding hydrogens is 236 g/mol. The molecule has 1 aromatic carbocycles. The molecule has 0 aliphatic carbocycles. The molecule has 1 aromatic heterocycles. The molecular formula is C13H12O5. The van der Waals surface area contributed by atoms with Crippen molar-refractivity contribution in [2.75, 3.05) is 0 Å². The van der Waals surface area contributed by atoms with Crippen molar-refractivity contribution in [3.05, 3.63) is 40.8 Å². The molecule has 0 spiro atoms. The zero-order valence-corrected chi connectivity index (χ0v) is 9.75. The summed E-state index contributed by atoms with van der Waals surface area (Å²) in [6, 6.07) is 6.11. The molecule has 0 saturated carbocycles. The van der Waals surface area contributed by atoms with Crippen LogP contribution in [0.2, 0.25) is 0 Å². The summed E-state index contributed by atoms with van der Waals surface area (Å²) in [6.07, 6.45) is 0.627.